The summed E-state index contributed by atoms with van der Waals surface area (Å²) in [6.45, 7) is 3.47. The second kappa shape index (κ2) is 14.0. The SMILES string of the molecule is CC[C@H](C)NC(=O)[C@@H](Cc1ccccc1)N(Cc1ccc(Br)cc1)C(=O)CN(c1ccccc1Cl)S(C)(=O)=O. The van der Waals surface area contributed by atoms with Crippen LogP contribution in [0.25, 0.3) is 0 Å². The molecule has 0 aromatic heterocycles. The molecule has 0 radical (unpaired) electrons. The smallest absolute Gasteiger partial charge is 0.244 e. The van der Waals surface area contributed by atoms with E-state index in [9.17, 15) is 18.0 Å². The van der Waals surface area contributed by atoms with E-state index in [0.717, 1.165) is 32.6 Å². The number of nitrogens with zero attached hydrogens (tertiary/aromatic N) is 2. The van der Waals surface area contributed by atoms with Crippen molar-refractivity contribution in [3.63, 3.8) is 0 Å². The minimum absolute atomic E-state index is 0.101. The van der Waals surface area contributed by atoms with Gasteiger partial charge in [0.25, 0.3) is 0 Å². The van der Waals surface area contributed by atoms with Crippen LogP contribution in [0.1, 0.15) is 31.4 Å². The standard InChI is InChI=1S/C29H33BrClN3O4S/c1-4-21(2)32-29(36)27(18-22-10-6-5-7-11-22)33(19-23-14-16-24(30)17-15-23)28(35)20-34(39(3,37)38)26-13-9-8-12-25(26)31/h5-17,21,27H,4,18-20H2,1-3H3,(H,32,36)/t21-,27+/m0/s1. The van der Waals surface area contributed by atoms with Gasteiger partial charge in [-0.2, -0.15) is 0 Å². The van der Waals surface area contributed by atoms with Crippen molar-refractivity contribution in [3.05, 3.63) is 99.5 Å². The van der Waals surface area contributed by atoms with Crippen molar-refractivity contribution in [2.75, 3.05) is 17.1 Å². The summed E-state index contributed by atoms with van der Waals surface area (Å²) in [4.78, 5) is 29.1. The summed E-state index contributed by atoms with van der Waals surface area (Å²) in [6.07, 6.45) is 2.01. The summed E-state index contributed by atoms with van der Waals surface area (Å²) in [5, 5.41) is 3.21. The summed E-state index contributed by atoms with van der Waals surface area (Å²) in [5.41, 5.74) is 1.87. The van der Waals surface area contributed by atoms with Gasteiger partial charge in [0.1, 0.15) is 12.6 Å². The van der Waals surface area contributed by atoms with E-state index in [-0.39, 0.29) is 35.6 Å². The average molecular weight is 635 g/mol. The predicted octanol–water partition coefficient (Wildman–Crippen LogP) is 5.42. The normalized spacial score (nSPS) is 12.8. The van der Waals surface area contributed by atoms with E-state index in [1.807, 2.05) is 68.4 Å². The fraction of sp³-hybridized carbons (Fsp3) is 0.310. The first kappa shape index (κ1) is 30.7. The molecule has 3 aromatic carbocycles. The van der Waals surface area contributed by atoms with Crippen LogP contribution in [-0.4, -0.2) is 50.0 Å². The summed E-state index contributed by atoms with van der Waals surface area (Å²) in [6, 6.07) is 22.3. The minimum Gasteiger partial charge on any atom is -0.352 e. The van der Waals surface area contributed by atoms with Crippen molar-refractivity contribution in [1.82, 2.24) is 10.2 Å². The molecule has 0 spiro atoms. The molecule has 2 amide bonds. The Balaban J connectivity index is 2.06. The van der Waals surface area contributed by atoms with Gasteiger partial charge in [-0.15, -0.1) is 0 Å². The Kier molecular flexibility index (Phi) is 11.0. The van der Waals surface area contributed by atoms with Crippen molar-refractivity contribution in [2.24, 2.45) is 0 Å². The fourth-order valence-electron chi connectivity index (χ4n) is 4.03. The Hall–Kier alpha value is -2.88. The van der Waals surface area contributed by atoms with Crippen LogP contribution in [0.3, 0.4) is 0 Å². The zero-order valence-electron chi connectivity index (χ0n) is 22.2. The summed E-state index contributed by atoms with van der Waals surface area (Å²) < 4.78 is 27.5. The maximum Gasteiger partial charge on any atom is 0.244 e. The first-order chi connectivity index (χ1) is 18.5. The largest absolute Gasteiger partial charge is 0.352 e. The molecule has 0 fully saturated rings. The van der Waals surface area contributed by atoms with Gasteiger partial charge in [0.05, 0.1) is 17.0 Å². The van der Waals surface area contributed by atoms with Crippen LogP contribution in [0.2, 0.25) is 5.02 Å². The highest BCUT2D eigenvalue weighted by Gasteiger charge is 2.33. The average Bonchev–Trinajstić information content (AvgIpc) is 2.90. The van der Waals surface area contributed by atoms with E-state index < -0.39 is 28.5 Å². The highest BCUT2D eigenvalue weighted by Crippen LogP contribution is 2.28. The Morgan fingerprint density at radius 1 is 0.949 bits per heavy atom. The number of amides is 2. The zero-order valence-corrected chi connectivity index (χ0v) is 25.3. The highest BCUT2D eigenvalue weighted by molar-refractivity contribution is 9.10. The van der Waals surface area contributed by atoms with Gasteiger partial charge in [-0.1, -0.05) is 89.1 Å². The quantitative estimate of drug-likeness (QED) is 0.288. The molecular weight excluding hydrogens is 602 g/mol. The molecule has 3 rings (SSSR count). The van der Waals surface area contributed by atoms with Gasteiger partial charge < -0.3 is 10.2 Å². The van der Waals surface area contributed by atoms with Gasteiger partial charge in [0.2, 0.25) is 21.8 Å². The molecule has 0 bridgehead atoms. The molecule has 0 aliphatic carbocycles. The number of nitrogens with one attached hydrogen (secondary N) is 1. The van der Waals surface area contributed by atoms with E-state index in [0.29, 0.717) is 0 Å². The van der Waals surface area contributed by atoms with Crippen LogP contribution in [0.5, 0.6) is 0 Å². The van der Waals surface area contributed by atoms with Crippen LogP contribution in [0, 0.1) is 0 Å². The Labute approximate surface area is 244 Å². The number of anilines is 1. The van der Waals surface area contributed by atoms with Crippen molar-refractivity contribution >= 4 is 55.1 Å². The number of halogens is 2. The predicted molar refractivity (Wildman–Crippen MR) is 160 cm³/mol. The van der Waals surface area contributed by atoms with Crippen molar-refractivity contribution < 1.29 is 18.0 Å². The molecule has 1 N–H and O–H groups in total. The first-order valence-electron chi connectivity index (χ1n) is 12.6. The second-order valence-electron chi connectivity index (χ2n) is 9.39. The highest BCUT2D eigenvalue weighted by atomic mass is 79.9. The lowest BCUT2D eigenvalue weighted by Gasteiger charge is -2.34. The first-order valence-corrected chi connectivity index (χ1v) is 15.6. The fourth-order valence-corrected chi connectivity index (χ4v) is 5.44. The third-order valence-corrected chi connectivity index (χ3v) is 8.31. The number of rotatable bonds is 12. The van der Waals surface area contributed by atoms with E-state index in [4.69, 9.17) is 11.6 Å². The number of para-hydroxylation sites is 1. The Bertz CT molecular complexity index is 1370. The summed E-state index contributed by atoms with van der Waals surface area (Å²) >= 11 is 9.76. The van der Waals surface area contributed by atoms with Crippen LogP contribution < -0.4 is 9.62 Å². The molecular formula is C29H33BrClN3O4S. The molecule has 3 aromatic rings. The van der Waals surface area contributed by atoms with Crippen molar-refractivity contribution in [3.8, 4) is 0 Å². The number of carbonyl (C=O) groups excluding carboxylic acids is 2. The monoisotopic (exact) mass is 633 g/mol. The van der Waals surface area contributed by atoms with Crippen LogP contribution in [0.4, 0.5) is 5.69 Å². The lowest BCUT2D eigenvalue weighted by Crippen LogP contribution is -2.54. The number of carbonyl (C=O) groups is 2. The van der Waals surface area contributed by atoms with Gasteiger partial charge >= 0.3 is 0 Å². The van der Waals surface area contributed by atoms with Crippen molar-refractivity contribution in [1.29, 1.82) is 0 Å². The molecule has 7 nitrogen and oxygen atoms in total. The minimum atomic E-state index is -3.88. The molecule has 0 saturated carbocycles. The maximum atomic E-state index is 14.0. The van der Waals surface area contributed by atoms with Crippen LogP contribution in [-0.2, 0) is 32.6 Å². The lowest BCUT2D eigenvalue weighted by atomic mass is 10.0. The molecule has 0 saturated heterocycles. The van der Waals surface area contributed by atoms with Crippen LogP contribution >= 0.6 is 27.5 Å². The maximum absolute atomic E-state index is 14.0. The van der Waals surface area contributed by atoms with Crippen molar-refractivity contribution in [2.45, 2.75) is 45.3 Å². The van der Waals surface area contributed by atoms with E-state index in [1.54, 1.807) is 24.3 Å². The zero-order chi connectivity index (χ0) is 28.6. The molecule has 0 aliphatic heterocycles. The Morgan fingerprint density at radius 2 is 1.56 bits per heavy atom. The number of hydrogen-bond acceptors (Lipinski definition) is 4. The number of hydrogen-bond donors (Lipinski definition) is 1. The van der Waals surface area contributed by atoms with Gasteiger partial charge in [-0.05, 0) is 48.7 Å². The van der Waals surface area contributed by atoms with Gasteiger partial charge in [-0.25, -0.2) is 8.42 Å². The molecule has 2 atom stereocenters. The lowest BCUT2D eigenvalue weighted by molar-refractivity contribution is -0.140. The topological polar surface area (TPSA) is 86.8 Å². The van der Waals surface area contributed by atoms with E-state index in [2.05, 4.69) is 21.2 Å². The molecule has 0 unspecified atom stereocenters. The third kappa shape index (κ3) is 8.81. The van der Waals surface area contributed by atoms with E-state index >= 15 is 0 Å². The summed E-state index contributed by atoms with van der Waals surface area (Å²) in [5.74, 6) is -0.828. The van der Waals surface area contributed by atoms with Crippen LogP contribution in [0.15, 0.2) is 83.3 Å². The molecule has 0 aliphatic rings. The van der Waals surface area contributed by atoms with E-state index in [1.165, 1.54) is 4.90 Å². The Morgan fingerprint density at radius 3 is 2.15 bits per heavy atom. The second-order valence-corrected chi connectivity index (χ2v) is 12.6. The molecule has 0 heterocycles. The number of benzene rings is 3. The van der Waals surface area contributed by atoms with Gasteiger partial charge in [-0.3, -0.25) is 13.9 Å². The molecule has 10 heteroatoms. The van der Waals surface area contributed by atoms with Gasteiger partial charge in [0.15, 0.2) is 0 Å². The third-order valence-electron chi connectivity index (χ3n) is 6.34. The van der Waals surface area contributed by atoms with Gasteiger partial charge in [0, 0.05) is 23.5 Å². The molecule has 208 valence electrons. The summed E-state index contributed by atoms with van der Waals surface area (Å²) in [7, 11) is -3.88. The number of sulfonamides is 1. The molecule has 39 heavy (non-hydrogen) atoms.